The van der Waals surface area contributed by atoms with E-state index >= 15 is 0 Å². The lowest BCUT2D eigenvalue weighted by molar-refractivity contribution is 0.120. The van der Waals surface area contributed by atoms with Gasteiger partial charge in [-0.3, -0.25) is 0 Å². The molecular formula is C9H20N2O2. The van der Waals surface area contributed by atoms with E-state index in [2.05, 4.69) is 5.32 Å². The lowest BCUT2D eigenvalue weighted by atomic mass is 10.2. The minimum atomic E-state index is -0.414. The second kappa shape index (κ2) is 6.71. The first-order valence-electron chi connectivity index (χ1n) is 4.86. The number of hydrogen-bond donors (Lipinski definition) is 2. The van der Waals surface area contributed by atoms with E-state index < -0.39 is 6.10 Å². The molecule has 0 heterocycles. The maximum atomic E-state index is 11.3. The zero-order chi connectivity index (χ0) is 10.3. The molecule has 0 aromatic heterocycles. The van der Waals surface area contributed by atoms with Crippen LogP contribution in [-0.2, 0) is 0 Å². The second-order valence-corrected chi connectivity index (χ2v) is 2.94. The molecule has 0 aliphatic heterocycles. The normalized spacial score (nSPS) is 12.3. The van der Waals surface area contributed by atoms with Crippen LogP contribution in [0.2, 0.25) is 0 Å². The zero-order valence-electron chi connectivity index (χ0n) is 8.71. The largest absolute Gasteiger partial charge is 0.391 e. The molecule has 13 heavy (non-hydrogen) atoms. The zero-order valence-corrected chi connectivity index (χ0v) is 8.71. The van der Waals surface area contributed by atoms with Crippen LogP contribution in [0.25, 0.3) is 0 Å². The van der Waals surface area contributed by atoms with Gasteiger partial charge in [0.2, 0.25) is 0 Å². The molecule has 0 aromatic carbocycles. The van der Waals surface area contributed by atoms with E-state index in [-0.39, 0.29) is 6.03 Å². The molecule has 4 nitrogen and oxygen atoms in total. The Labute approximate surface area is 79.9 Å². The van der Waals surface area contributed by atoms with Gasteiger partial charge in [-0.1, -0.05) is 6.92 Å². The SMILES string of the molecule is CCNC(=O)N(CC)CC(O)CC. The van der Waals surface area contributed by atoms with Crippen LogP contribution in [0.1, 0.15) is 27.2 Å². The van der Waals surface area contributed by atoms with Crippen LogP contribution in [0, 0.1) is 0 Å². The van der Waals surface area contributed by atoms with Gasteiger partial charge in [0.1, 0.15) is 0 Å². The standard InChI is InChI=1S/C9H20N2O2/c1-4-8(12)7-11(6-3)9(13)10-5-2/h8,12H,4-7H2,1-3H3,(H,10,13). The highest BCUT2D eigenvalue weighted by molar-refractivity contribution is 5.74. The van der Waals surface area contributed by atoms with Crippen molar-refractivity contribution < 1.29 is 9.90 Å². The summed E-state index contributed by atoms with van der Waals surface area (Å²) in [5.41, 5.74) is 0. The van der Waals surface area contributed by atoms with Gasteiger partial charge in [0.05, 0.1) is 6.10 Å². The molecule has 2 N–H and O–H groups in total. The van der Waals surface area contributed by atoms with Crippen LogP contribution in [0.3, 0.4) is 0 Å². The van der Waals surface area contributed by atoms with Crippen LogP contribution in [0.15, 0.2) is 0 Å². The number of carbonyl (C=O) groups excluding carboxylic acids is 1. The van der Waals surface area contributed by atoms with Gasteiger partial charge in [0, 0.05) is 19.6 Å². The topological polar surface area (TPSA) is 52.6 Å². The monoisotopic (exact) mass is 188 g/mol. The minimum absolute atomic E-state index is 0.0995. The molecule has 78 valence electrons. The molecule has 0 radical (unpaired) electrons. The predicted octanol–water partition coefficient (Wildman–Crippen LogP) is 0.809. The predicted molar refractivity (Wildman–Crippen MR) is 52.6 cm³/mol. The third kappa shape index (κ3) is 4.72. The Bertz CT molecular complexity index is 151. The van der Waals surface area contributed by atoms with Crippen molar-refractivity contribution in [2.75, 3.05) is 19.6 Å². The maximum Gasteiger partial charge on any atom is 0.317 e. The Hall–Kier alpha value is -0.770. The van der Waals surface area contributed by atoms with Crippen molar-refractivity contribution in [1.29, 1.82) is 0 Å². The number of nitrogens with one attached hydrogen (secondary N) is 1. The van der Waals surface area contributed by atoms with Crippen molar-refractivity contribution >= 4 is 6.03 Å². The van der Waals surface area contributed by atoms with E-state index in [1.807, 2.05) is 20.8 Å². The van der Waals surface area contributed by atoms with Crippen LogP contribution < -0.4 is 5.32 Å². The summed E-state index contributed by atoms with van der Waals surface area (Å²) in [4.78, 5) is 12.9. The van der Waals surface area contributed by atoms with Gasteiger partial charge in [0.15, 0.2) is 0 Å². The van der Waals surface area contributed by atoms with Crippen molar-refractivity contribution in [2.24, 2.45) is 0 Å². The number of likely N-dealkylation sites (N-methyl/N-ethyl adjacent to an activating group) is 1. The maximum absolute atomic E-state index is 11.3. The highest BCUT2D eigenvalue weighted by Crippen LogP contribution is 1.96. The van der Waals surface area contributed by atoms with E-state index in [1.165, 1.54) is 0 Å². The lowest BCUT2D eigenvalue weighted by Gasteiger charge is -2.23. The molecule has 4 heteroatoms. The van der Waals surface area contributed by atoms with E-state index in [9.17, 15) is 9.90 Å². The number of rotatable bonds is 5. The Morgan fingerprint density at radius 3 is 2.46 bits per heavy atom. The summed E-state index contributed by atoms with van der Waals surface area (Å²) in [5.74, 6) is 0. The Morgan fingerprint density at radius 1 is 1.46 bits per heavy atom. The molecule has 0 spiro atoms. The van der Waals surface area contributed by atoms with Crippen LogP contribution in [0.4, 0.5) is 4.79 Å². The van der Waals surface area contributed by atoms with E-state index in [0.29, 0.717) is 26.1 Å². The minimum Gasteiger partial charge on any atom is -0.391 e. The molecule has 2 amide bonds. The third-order valence-electron chi connectivity index (χ3n) is 1.90. The fraction of sp³-hybridized carbons (Fsp3) is 0.889. The van der Waals surface area contributed by atoms with E-state index in [4.69, 9.17) is 0 Å². The quantitative estimate of drug-likeness (QED) is 0.670. The first-order chi connectivity index (χ1) is 6.15. The molecule has 0 fully saturated rings. The highest BCUT2D eigenvalue weighted by atomic mass is 16.3. The molecule has 1 atom stereocenters. The van der Waals surface area contributed by atoms with Crippen LogP contribution in [0.5, 0.6) is 0 Å². The highest BCUT2D eigenvalue weighted by Gasteiger charge is 2.13. The number of nitrogens with zero attached hydrogens (tertiary/aromatic N) is 1. The van der Waals surface area contributed by atoms with E-state index in [0.717, 1.165) is 0 Å². The number of aliphatic hydroxyl groups excluding tert-OH is 1. The number of aliphatic hydroxyl groups is 1. The van der Waals surface area contributed by atoms with Crippen LogP contribution in [-0.4, -0.2) is 41.8 Å². The molecule has 0 saturated carbocycles. The van der Waals surface area contributed by atoms with Crippen LogP contribution >= 0.6 is 0 Å². The summed E-state index contributed by atoms with van der Waals surface area (Å²) < 4.78 is 0. The average molecular weight is 188 g/mol. The summed E-state index contributed by atoms with van der Waals surface area (Å²) in [6, 6.07) is -0.0995. The summed E-state index contributed by atoms with van der Waals surface area (Å²) in [6.07, 6.45) is 0.262. The van der Waals surface area contributed by atoms with Gasteiger partial charge >= 0.3 is 6.03 Å². The molecule has 0 aliphatic rings. The van der Waals surface area contributed by atoms with Crippen molar-refractivity contribution in [3.63, 3.8) is 0 Å². The fourth-order valence-corrected chi connectivity index (χ4v) is 1.00. The summed E-state index contributed by atoms with van der Waals surface area (Å²) in [6.45, 7) is 7.34. The summed E-state index contributed by atoms with van der Waals surface area (Å²) in [5, 5.41) is 12.1. The first-order valence-corrected chi connectivity index (χ1v) is 4.86. The van der Waals surface area contributed by atoms with Gasteiger partial charge in [-0.25, -0.2) is 4.79 Å². The molecule has 1 unspecified atom stereocenters. The molecule has 0 aliphatic carbocycles. The molecular weight excluding hydrogens is 168 g/mol. The van der Waals surface area contributed by atoms with Crippen molar-refractivity contribution in [1.82, 2.24) is 10.2 Å². The Balaban J connectivity index is 3.94. The lowest BCUT2D eigenvalue weighted by Crippen LogP contribution is -2.43. The van der Waals surface area contributed by atoms with Gasteiger partial charge in [-0.05, 0) is 20.3 Å². The summed E-state index contributed by atoms with van der Waals surface area (Å²) in [7, 11) is 0. The number of carbonyl (C=O) groups is 1. The summed E-state index contributed by atoms with van der Waals surface area (Å²) >= 11 is 0. The molecule has 0 rings (SSSR count). The molecule has 0 saturated heterocycles. The van der Waals surface area contributed by atoms with Crippen molar-refractivity contribution in [2.45, 2.75) is 33.3 Å². The van der Waals surface area contributed by atoms with Gasteiger partial charge in [-0.15, -0.1) is 0 Å². The van der Waals surface area contributed by atoms with Gasteiger partial charge in [-0.2, -0.15) is 0 Å². The molecule has 0 aromatic rings. The number of hydrogen-bond acceptors (Lipinski definition) is 2. The first kappa shape index (κ1) is 12.2. The second-order valence-electron chi connectivity index (χ2n) is 2.94. The number of urea groups is 1. The Kier molecular flexibility index (Phi) is 6.32. The van der Waals surface area contributed by atoms with Crippen molar-refractivity contribution in [3.8, 4) is 0 Å². The third-order valence-corrected chi connectivity index (χ3v) is 1.90. The fourth-order valence-electron chi connectivity index (χ4n) is 1.00. The molecule has 0 bridgehead atoms. The average Bonchev–Trinajstić information content (AvgIpc) is 2.14. The number of amides is 2. The van der Waals surface area contributed by atoms with Gasteiger partial charge in [0.25, 0.3) is 0 Å². The van der Waals surface area contributed by atoms with E-state index in [1.54, 1.807) is 4.90 Å². The van der Waals surface area contributed by atoms with Crippen molar-refractivity contribution in [3.05, 3.63) is 0 Å². The van der Waals surface area contributed by atoms with Gasteiger partial charge < -0.3 is 15.3 Å². The smallest absolute Gasteiger partial charge is 0.317 e. The Morgan fingerprint density at radius 2 is 2.08 bits per heavy atom.